The molecule has 0 aliphatic rings. The largest absolute Gasteiger partial charge is 0.508 e. The number of ketones is 1. The summed E-state index contributed by atoms with van der Waals surface area (Å²) in [4.78, 5) is 21.6. The Hall–Kier alpha value is -1.68. The van der Waals surface area contributed by atoms with E-state index in [0.717, 1.165) is 0 Å². The van der Waals surface area contributed by atoms with Crippen LogP contribution in [0.1, 0.15) is 20.7 Å². The maximum atomic E-state index is 11.2. The lowest BCUT2D eigenvalue weighted by molar-refractivity contribution is 0.0994. The topological polar surface area (TPSA) is 80.4 Å². The van der Waals surface area contributed by atoms with Gasteiger partial charge in [0.1, 0.15) is 5.75 Å². The summed E-state index contributed by atoms with van der Waals surface area (Å²) in [6, 6.07) is 3.96. The highest BCUT2D eigenvalue weighted by molar-refractivity contribution is 6.04. The molecule has 0 aliphatic heterocycles. The van der Waals surface area contributed by atoms with Crippen LogP contribution in [-0.4, -0.2) is 23.7 Å². The number of aromatic hydroxyl groups is 1. The minimum atomic E-state index is -0.363. The lowest BCUT2D eigenvalue weighted by Crippen LogP contribution is -2.15. The zero-order chi connectivity index (χ0) is 9.84. The molecule has 0 bridgehead atoms. The molecule has 1 aromatic rings. The fraction of sp³-hybridized carbons (Fsp3) is 0.111. The van der Waals surface area contributed by atoms with Gasteiger partial charge < -0.3 is 10.8 Å². The fourth-order valence-corrected chi connectivity index (χ4v) is 0.998. The Labute approximate surface area is 75.0 Å². The average Bonchev–Trinajstić information content (AvgIpc) is 2.16. The lowest BCUT2D eigenvalue weighted by atomic mass is 10.0. The summed E-state index contributed by atoms with van der Waals surface area (Å²) >= 11 is 0. The van der Waals surface area contributed by atoms with E-state index in [1.807, 2.05) is 0 Å². The molecule has 0 unspecified atom stereocenters. The predicted molar refractivity (Wildman–Crippen MR) is 46.9 cm³/mol. The zero-order valence-electron chi connectivity index (χ0n) is 6.86. The van der Waals surface area contributed by atoms with Gasteiger partial charge in [-0.2, -0.15) is 0 Å². The minimum Gasteiger partial charge on any atom is -0.508 e. The van der Waals surface area contributed by atoms with Gasteiger partial charge in [0.25, 0.3) is 0 Å². The van der Waals surface area contributed by atoms with Crippen molar-refractivity contribution in [3.05, 3.63) is 29.3 Å². The third-order valence-corrected chi connectivity index (χ3v) is 1.65. The molecular formula is C9H9NO3. The van der Waals surface area contributed by atoms with E-state index in [4.69, 9.17) is 10.8 Å². The summed E-state index contributed by atoms with van der Waals surface area (Å²) in [5.41, 5.74) is 5.54. The van der Waals surface area contributed by atoms with Crippen molar-refractivity contribution in [1.29, 1.82) is 0 Å². The maximum Gasteiger partial charge on any atom is 0.177 e. The molecule has 0 aliphatic carbocycles. The Morgan fingerprint density at radius 1 is 1.54 bits per heavy atom. The smallest absolute Gasteiger partial charge is 0.177 e. The summed E-state index contributed by atoms with van der Waals surface area (Å²) < 4.78 is 0. The highest BCUT2D eigenvalue weighted by Gasteiger charge is 2.09. The van der Waals surface area contributed by atoms with Crippen molar-refractivity contribution in [1.82, 2.24) is 0 Å². The normalized spacial score (nSPS) is 9.62. The van der Waals surface area contributed by atoms with E-state index in [1.165, 1.54) is 18.2 Å². The number of rotatable bonds is 3. The standard InChI is InChI=1S/C9H9NO3/c10-4-9(13)8-3-7(12)2-1-6(8)5-11/h1-3,5,12H,4,10H2. The number of carbonyl (C=O) groups is 2. The number of phenols is 1. The van der Waals surface area contributed by atoms with Crippen molar-refractivity contribution in [3.8, 4) is 5.75 Å². The molecule has 68 valence electrons. The average molecular weight is 179 g/mol. The number of carbonyl (C=O) groups excluding carboxylic acids is 2. The second kappa shape index (κ2) is 3.82. The van der Waals surface area contributed by atoms with Crippen molar-refractivity contribution in [3.63, 3.8) is 0 Å². The van der Waals surface area contributed by atoms with Gasteiger partial charge in [-0.1, -0.05) is 0 Å². The van der Waals surface area contributed by atoms with Crippen LogP contribution in [-0.2, 0) is 0 Å². The maximum absolute atomic E-state index is 11.2. The van der Waals surface area contributed by atoms with Crippen LogP contribution in [0.2, 0.25) is 0 Å². The van der Waals surface area contributed by atoms with E-state index >= 15 is 0 Å². The SMILES string of the molecule is NCC(=O)c1cc(O)ccc1C=O. The second-order valence-corrected chi connectivity index (χ2v) is 2.52. The Balaban J connectivity index is 3.23. The molecule has 0 heterocycles. The van der Waals surface area contributed by atoms with E-state index in [1.54, 1.807) is 0 Å². The first-order chi connectivity index (χ1) is 6.19. The second-order valence-electron chi connectivity index (χ2n) is 2.52. The first-order valence-electron chi connectivity index (χ1n) is 3.70. The first kappa shape index (κ1) is 9.41. The zero-order valence-corrected chi connectivity index (χ0v) is 6.86. The van der Waals surface area contributed by atoms with Gasteiger partial charge in [-0.25, -0.2) is 0 Å². The molecule has 1 aromatic carbocycles. The molecule has 0 saturated carbocycles. The number of hydrogen-bond donors (Lipinski definition) is 2. The summed E-state index contributed by atoms with van der Waals surface area (Å²) in [6.45, 7) is -0.176. The number of benzene rings is 1. The number of phenolic OH excluding ortho intramolecular Hbond substituents is 1. The Morgan fingerprint density at radius 3 is 2.77 bits per heavy atom. The molecule has 0 amide bonds. The van der Waals surface area contributed by atoms with E-state index in [2.05, 4.69) is 0 Å². The van der Waals surface area contributed by atoms with Crippen molar-refractivity contribution in [2.75, 3.05) is 6.54 Å². The van der Waals surface area contributed by atoms with Gasteiger partial charge in [0.05, 0.1) is 6.54 Å². The molecule has 0 spiro atoms. The quantitative estimate of drug-likeness (QED) is 0.518. The van der Waals surface area contributed by atoms with Crippen LogP contribution in [0.25, 0.3) is 0 Å². The minimum absolute atomic E-state index is 0.0533. The van der Waals surface area contributed by atoms with E-state index in [-0.39, 0.29) is 29.2 Å². The summed E-state index contributed by atoms with van der Waals surface area (Å²) in [7, 11) is 0. The van der Waals surface area contributed by atoms with Crippen LogP contribution in [0.15, 0.2) is 18.2 Å². The van der Waals surface area contributed by atoms with E-state index < -0.39 is 0 Å². The highest BCUT2D eigenvalue weighted by Crippen LogP contribution is 2.15. The molecule has 1 rings (SSSR count). The van der Waals surface area contributed by atoms with Gasteiger partial charge in [-0.3, -0.25) is 9.59 Å². The summed E-state index contributed by atoms with van der Waals surface area (Å²) in [5.74, 6) is -0.416. The molecule has 13 heavy (non-hydrogen) atoms. The van der Waals surface area contributed by atoms with Gasteiger partial charge in [-0.05, 0) is 18.2 Å². The van der Waals surface area contributed by atoms with Gasteiger partial charge in [-0.15, -0.1) is 0 Å². The van der Waals surface area contributed by atoms with E-state index in [0.29, 0.717) is 6.29 Å². The molecule has 4 heteroatoms. The molecule has 0 radical (unpaired) electrons. The van der Waals surface area contributed by atoms with Gasteiger partial charge in [0, 0.05) is 11.1 Å². The number of aldehydes is 1. The highest BCUT2D eigenvalue weighted by atomic mass is 16.3. The first-order valence-corrected chi connectivity index (χ1v) is 3.70. The predicted octanol–water partition coefficient (Wildman–Crippen LogP) is 0.346. The Morgan fingerprint density at radius 2 is 2.23 bits per heavy atom. The fourth-order valence-electron chi connectivity index (χ4n) is 0.998. The number of Topliss-reactive ketones (excluding diaryl/α,β-unsaturated/α-hetero) is 1. The molecular weight excluding hydrogens is 170 g/mol. The number of hydrogen-bond acceptors (Lipinski definition) is 4. The molecule has 4 nitrogen and oxygen atoms in total. The Bertz CT molecular complexity index is 347. The molecule has 0 saturated heterocycles. The molecule has 0 fully saturated rings. The van der Waals surface area contributed by atoms with Gasteiger partial charge in [0.15, 0.2) is 12.1 Å². The lowest BCUT2D eigenvalue weighted by Gasteiger charge is -2.01. The molecule has 0 aromatic heterocycles. The number of nitrogens with two attached hydrogens (primary N) is 1. The monoisotopic (exact) mass is 179 g/mol. The van der Waals surface area contributed by atoms with Crippen molar-refractivity contribution in [2.24, 2.45) is 5.73 Å². The molecule has 3 N–H and O–H groups in total. The Kier molecular flexibility index (Phi) is 2.76. The van der Waals surface area contributed by atoms with Gasteiger partial charge >= 0.3 is 0 Å². The van der Waals surface area contributed by atoms with Crippen LogP contribution in [0.4, 0.5) is 0 Å². The van der Waals surface area contributed by atoms with Crippen molar-refractivity contribution >= 4 is 12.1 Å². The van der Waals surface area contributed by atoms with Crippen LogP contribution in [0.5, 0.6) is 5.75 Å². The van der Waals surface area contributed by atoms with Gasteiger partial charge in [0.2, 0.25) is 0 Å². The molecule has 0 atom stereocenters. The summed E-state index contributed by atoms with van der Waals surface area (Å²) in [5, 5.41) is 9.07. The van der Waals surface area contributed by atoms with Crippen molar-refractivity contribution < 1.29 is 14.7 Å². The third kappa shape index (κ3) is 1.91. The third-order valence-electron chi connectivity index (χ3n) is 1.65. The van der Waals surface area contributed by atoms with Crippen LogP contribution in [0.3, 0.4) is 0 Å². The summed E-state index contributed by atoms with van der Waals surface area (Å²) in [6.07, 6.45) is 0.558. The van der Waals surface area contributed by atoms with Crippen LogP contribution < -0.4 is 5.73 Å². The van der Waals surface area contributed by atoms with Crippen LogP contribution >= 0.6 is 0 Å². The van der Waals surface area contributed by atoms with E-state index in [9.17, 15) is 9.59 Å². The van der Waals surface area contributed by atoms with Crippen molar-refractivity contribution in [2.45, 2.75) is 0 Å². The van der Waals surface area contributed by atoms with Crippen LogP contribution in [0, 0.1) is 0 Å².